The van der Waals surface area contributed by atoms with Crippen LogP contribution in [0.5, 0.6) is 0 Å². The molecule has 0 radical (unpaired) electrons. The minimum absolute atomic E-state index is 0.164. The third-order valence-corrected chi connectivity index (χ3v) is 4.76. The van der Waals surface area contributed by atoms with E-state index in [1.807, 2.05) is 29.7 Å². The zero-order valence-electron chi connectivity index (χ0n) is 12.9. The molecule has 3 aromatic rings. The molecule has 0 aliphatic carbocycles. The van der Waals surface area contributed by atoms with Crippen LogP contribution in [0.2, 0.25) is 0 Å². The molecule has 3 rings (SSSR count). The summed E-state index contributed by atoms with van der Waals surface area (Å²) >= 11 is 1.81. The van der Waals surface area contributed by atoms with Crippen LogP contribution in [0.4, 0.5) is 0 Å². The lowest BCUT2D eigenvalue weighted by Gasteiger charge is -2.20. The van der Waals surface area contributed by atoms with E-state index in [4.69, 9.17) is 0 Å². The third kappa shape index (κ3) is 4.48. The van der Waals surface area contributed by atoms with Gasteiger partial charge in [0.1, 0.15) is 0 Å². The van der Waals surface area contributed by atoms with Gasteiger partial charge in [-0.25, -0.2) is 0 Å². The predicted octanol–water partition coefficient (Wildman–Crippen LogP) is 3.80. The molecule has 0 bridgehead atoms. The molecule has 2 heterocycles. The molecule has 0 aliphatic heterocycles. The molecule has 0 saturated carbocycles. The van der Waals surface area contributed by atoms with E-state index in [1.165, 1.54) is 20.9 Å². The van der Waals surface area contributed by atoms with E-state index in [2.05, 4.69) is 52.3 Å². The van der Waals surface area contributed by atoms with Crippen molar-refractivity contribution in [3.05, 3.63) is 77.4 Å². The van der Waals surface area contributed by atoms with Gasteiger partial charge in [0.2, 0.25) is 0 Å². The Hall–Kier alpha value is -2.01. The van der Waals surface area contributed by atoms with Crippen LogP contribution in [0.25, 0.3) is 10.4 Å². The van der Waals surface area contributed by atoms with Crippen LogP contribution in [0.1, 0.15) is 10.4 Å². The van der Waals surface area contributed by atoms with Crippen LogP contribution in [-0.2, 0) is 13.1 Å². The number of hydrogen-bond donors (Lipinski definition) is 1. The molecule has 1 N–H and O–H groups in total. The van der Waals surface area contributed by atoms with Gasteiger partial charge in [0.15, 0.2) is 0 Å². The van der Waals surface area contributed by atoms with Crippen molar-refractivity contribution in [2.75, 3.05) is 13.2 Å². The lowest BCUT2D eigenvalue weighted by molar-refractivity contribution is 0.185. The number of aliphatic hydroxyl groups is 1. The van der Waals surface area contributed by atoms with Gasteiger partial charge in [0, 0.05) is 41.8 Å². The first-order valence-electron chi connectivity index (χ1n) is 7.71. The quantitative estimate of drug-likeness (QED) is 0.718. The van der Waals surface area contributed by atoms with Crippen LogP contribution in [0.3, 0.4) is 0 Å². The van der Waals surface area contributed by atoms with E-state index in [-0.39, 0.29) is 6.61 Å². The molecule has 4 heteroatoms. The second kappa shape index (κ2) is 8.02. The Morgan fingerprint density at radius 2 is 1.83 bits per heavy atom. The van der Waals surface area contributed by atoms with E-state index >= 15 is 0 Å². The van der Waals surface area contributed by atoms with Gasteiger partial charge >= 0.3 is 0 Å². The van der Waals surface area contributed by atoms with Gasteiger partial charge in [-0.3, -0.25) is 9.88 Å². The third-order valence-electron chi connectivity index (χ3n) is 3.64. The van der Waals surface area contributed by atoms with Gasteiger partial charge in [-0.2, -0.15) is 0 Å². The average molecular weight is 324 g/mol. The fourth-order valence-corrected chi connectivity index (χ4v) is 3.60. The highest BCUT2D eigenvalue weighted by Crippen LogP contribution is 2.28. The predicted molar refractivity (Wildman–Crippen MR) is 95.2 cm³/mol. The minimum Gasteiger partial charge on any atom is -0.395 e. The Labute approximate surface area is 140 Å². The Bertz CT molecular complexity index is 713. The maximum Gasteiger partial charge on any atom is 0.0558 e. The van der Waals surface area contributed by atoms with Crippen molar-refractivity contribution in [3.8, 4) is 10.4 Å². The minimum atomic E-state index is 0.164. The van der Waals surface area contributed by atoms with E-state index in [9.17, 15) is 5.11 Å². The number of rotatable bonds is 7. The van der Waals surface area contributed by atoms with Crippen molar-refractivity contribution in [3.63, 3.8) is 0 Å². The van der Waals surface area contributed by atoms with Gasteiger partial charge in [0.25, 0.3) is 0 Å². The molecule has 1 aromatic carbocycles. The number of nitrogens with zero attached hydrogens (tertiary/aromatic N) is 2. The summed E-state index contributed by atoms with van der Waals surface area (Å²) in [5.41, 5.74) is 2.42. The number of aromatic nitrogens is 1. The van der Waals surface area contributed by atoms with E-state index in [1.54, 1.807) is 6.20 Å². The number of benzene rings is 1. The molecule has 0 spiro atoms. The van der Waals surface area contributed by atoms with Crippen molar-refractivity contribution < 1.29 is 5.11 Å². The fraction of sp³-hybridized carbons (Fsp3) is 0.211. The van der Waals surface area contributed by atoms with Crippen LogP contribution >= 0.6 is 11.3 Å². The largest absolute Gasteiger partial charge is 0.395 e. The molecule has 0 fully saturated rings. The van der Waals surface area contributed by atoms with Crippen LogP contribution in [0, 0.1) is 0 Å². The summed E-state index contributed by atoms with van der Waals surface area (Å²) in [5.74, 6) is 0. The van der Waals surface area contributed by atoms with Crippen molar-refractivity contribution in [2.24, 2.45) is 0 Å². The summed E-state index contributed by atoms with van der Waals surface area (Å²) in [6, 6.07) is 18.8. The van der Waals surface area contributed by atoms with Gasteiger partial charge < -0.3 is 5.11 Å². The summed E-state index contributed by atoms with van der Waals surface area (Å²) in [4.78, 5) is 9.00. The monoisotopic (exact) mass is 324 g/mol. The summed E-state index contributed by atoms with van der Waals surface area (Å²) in [6.07, 6.45) is 3.67. The van der Waals surface area contributed by atoms with E-state index in [0.29, 0.717) is 6.54 Å². The molecule has 0 unspecified atom stereocenters. The first-order valence-corrected chi connectivity index (χ1v) is 8.53. The van der Waals surface area contributed by atoms with Crippen molar-refractivity contribution in [1.29, 1.82) is 0 Å². The summed E-state index contributed by atoms with van der Waals surface area (Å²) < 4.78 is 0. The van der Waals surface area contributed by atoms with Gasteiger partial charge in [-0.1, -0.05) is 36.4 Å². The van der Waals surface area contributed by atoms with E-state index < -0.39 is 0 Å². The van der Waals surface area contributed by atoms with Crippen LogP contribution in [0.15, 0.2) is 67.0 Å². The van der Waals surface area contributed by atoms with Gasteiger partial charge in [-0.05, 0) is 29.3 Å². The Morgan fingerprint density at radius 1 is 0.957 bits per heavy atom. The number of hydrogen-bond acceptors (Lipinski definition) is 4. The standard InChI is InChI=1S/C19H20N2OS/c22-12-11-21(14-16-5-4-10-20-13-16)15-18-8-9-19(23-18)17-6-2-1-3-7-17/h1-10,13,22H,11-12,14-15H2. The van der Waals surface area contributed by atoms with Crippen LogP contribution < -0.4 is 0 Å². The highest BCUT2D eigenvalue weighted by atomic mass is 32.1. The topological polar surface area (TPSA) is 36.4 Å². The molecule has 2 aromatic heterocycles. The summed E-state index contributed by atoms with van der Waals surface area (Å²) in [5, 5.41) is 9.32. The van der Waals surface area contributed by atoms with Crippen molar-refractivity contribution in [2.45, 2.75) is 13.1 Å². The summed E-state index contributed by atoms with van der Waals surface area (Å²) in [6.45, 7) is 2.46. The van der Waals surface area contributed by atoms with Gasteiger partial charge in [0.05, 0.1) is 6.61 Å². The lowest BCUT2D eigenvalue weighted by atomic mass is 10.2. The fourth-order valence-electron chi connectivity index (χ4n) is 2.55. The maximum absolute atomic E-state index is 9.32. The average Bonchev–Trinajstić information content (AvgIpc) is 3.05. The highest BCUT2D eigenvalue weighted by molar-refractivity contribution is 7.15. The van der Waals surface area contributed by atoms with Gasteiger partial charge in [-0.15, -0.1) is 11.3 Å². The normalized spacial score (nSPS) is 11.0. The Balaban J connectivity index is 1.69. The second-order valence-corrected chi connectivity index (χ2v) is 6.60. The molecule has 0 amide bonds. The molecular weight excluding hydrogens is 304 g/mol. The zero-order chi connectivity index (χ0) is 15.9. The molecular formula is C19H20N2OS. The molecule has 0 aliphatic rings. The number of aliphatic hydroxyl groups excluding tert-OH is 1. The Kier molecular flexibility index (Phi) is 5.53. The first kappa shape index (κ1) is 15.9. The maximum atomic E-state index is 9.32. The molecule has 3 nitrogen and oxygen atoms in total. The SMILES string of the molecule is OCCN(Cc1cccnc1)Cc1ccc(-c2ccccc2)s1. The number of pyridine rings is 1. The van der Waals surface area contributed by atoms with E-state index in [0.717, 1.165) is 13.1 Å². The summed E-state index contributed by atoms with van der Waals surface area (Å²) in [7, 11) is 0. The molecule has 0 saturated heterocycles. The number of thiophene rings is 1. The smallest absolute Gasteiger partial charge is 0.0558 e. The molecule has 23 heavy (non-hydrogen) atoms. The van der Waals surface area contributed by atoms with Crippen LogP contribution in [-0.4, -0.2) is 28.1 Å². The zero-order valence-corrected chi connectivity index (χ0v) is 13.7. The van der Waals surface area contributed by atoms with Crippen molar-refractivity contribution in [1.82, 2.24) is 9.88 Å². The van der Waals surface area contributed by atoms with Crippen molar-refractivity contribution >= 4 is 11.3 Å². The first-order chi connectivity index (χ1) is 11.3. The second-order valence-electron chi connectivity index (χ2n) is 5.43. The lowest BCUT2D eigenvalue weighted by Crippen LogP contribution is -2.25. The molecule has 118 valence electrons. The highest BCUT2D eigenvalue weighted by Gasteiger charge is 2.09. The molecule has 0 atom stereocenters. The Morgan fingerprint density at radius 3 is 2.57 bits per heavy atom.